The second-order valence-corrected chi connectivity index (χ2v) is 3.37. The average Bonchev–Trinajstić information content (AvgIpc) is 2.61. The predicted molar refractivity (Wildman–Crippen MR) is 60.5 cm³/mol. The number of rotatable bonds is 6. The molecule has 0 aliphatic heterocycles. The van der Waals surface area contributed by atoms with Crippen molar-refractivity contribution in [3.8, 4) is 0 Å². The molecule has 0 fully saturated rings. The number of hydrogen-bond donors (Lipinski definition) is 1. The number of carbonyl (C=O) groups excluding carboxylic acids is 1. The van der Waals surface area contributed by atoms with Gasteiger partial charge in [-0.2, -0.15) is 5.10 Å². The highest BCUT2D eigenvalue weighted by atomic mass is 16.5. The van der Waals surface area contributed by atoms with Gasteiger partial charge in [0.05, 0.1) is 32.5 Å². The lowest BCUT2D eigenvalue weighted by Crippen LogP contribution is -2.09. The molecule has 0 atom stereocenters. The first-order valence-corrected chi connectivity index (χ1v) is 5.08. The van der Waals surface area contributed by atoms with Crippen LogP contribution in [-0.2, 0) is 27.9 Å². The zero-order chi connectivity index (χ0) is 12.8. The molecule has 17 heavy (non-hydrogen) atoms. The summed E-state index contributed by atoms with van der Waals surface area (Å²) in [6, 6.07) is 0. The average molecular weight is 243 g/mol. The summed E-state index contributed by atoms with van der Waals surface area (Å²) < 4.78 is 16.2. The number of carbonyl (C=O) groups is 1. The van der Waals surface area contributed by atoms with Crippen LogP contribution in [0.3, 0.4) is 0 Å². The third-order valence-electron chi connectivity index (χ3n) is 2.25. The topological polar surface area (TPSA) is 88.6 Å². The van der Waals surface area contributed by atoms with Gasteiger partial charge in [0, 0.05) is 14.2 Å². The van der Waals surface area contributed by atoms with Crippen molar-refractivity contribution in [2.75, 3.05) is 33.2 Å². The first-order valence-electron chi connectivity index (χ1n) is 5.08. The Morgan fingerprint density at radius 1 is 1.41 bits per heavy atom. The molecule has 0 amide bonds. The number of esters is 1. The van der Waals surface area contributed by atoms with Gasteiger partial charge in [0.25, 0.3) is 0 Å². The number of ether oxygens (including phenoxy) is 3. The van der Waals surface area contributed by atoms with Gasteiger partial charge in [-0.05, 0) is 0 Å². The van der Waals surface area contributed by atoms with Crippen molar-refractivity contribution in [1.82, 2.24) is 9.78 Å². The Morgan fingerprint density at radius 3 is 2.71 bits per heavy atom. The molecule has 0 radical (unpaired) electrons. The minimum atomic E-state index is -0.525. The SMILES string of the molecule is COCCOCc1c(C(=O)OC)nn(C)c1N. The summed E-state index contributed by atoms with van der Waals surface area (Å²) in [6.45, 7) is 1.10. The normalized spacial score (nSPS) is 10.5. The standard InChI is InChI=1S/C10H17N3O4/c1-13-9(11)7(6-17-5-4-15-2)8(12-13)10(14)16-3/h4-6,11H2,1-3H3. The van der Waals surface area contributed by atoms with Crippen molar-refractivity contribution in [1.29, 1.82) is 0 Å². The zero-order valence-corrected chi connectivity index (χ0v) is 10.2. The molecular formula is C10H17N3O4. The number of hydrogen-bond acceptors (Lipinski definition) is 6. The Labute approximate surface area is 99.4 Å². The quantitative estimate of drug-likeness (QED) is 0.556. The van der Waals surface area contributed by atoms with Crippen LogP contribution in [0.2, 0.25) is 0 Å². The number of nitrogens with two attached hydrogens (primary N) is 1. The fourth-order valence-electron chi connectivity index (χ4n) is 1.30. The molecule has 0 saturated heterocycles. The maximum Gasteiger partial charge on any atom is 0.359 e. The summed E-state index contributed by atoms with van der Waals surface area (Å²) in [7, 11) is 4.53. The van der Waals surface area contributed by atoms with Gasteiger partial charge >= 0.3 is 5.97 Å². The summed E-state index contributed by atoms with van der Waals surface area (Å²) >= 11 is 0. The lowest BCUT2D eigenvalue weighted by molar-refractivity contribution is 0.0549. The minimum absolute atomic E-state index is 0.185. The van der Waals surface area contributed by atoms with E-state index in [0.29, 0.717) is 24.6 Å². The van der Waals surface area contributed by atoms with E-state index in [1.54, 1.807) is 14.2 Å². The van der Waals surface area contributed by atoms with E-state index in [4.69, 9.17) is 15.2 Å². The van der Waals surface area contributed by atoms with Crippen LogP contribution in [0, 0.1) is 0 Å². The number of methoxy groups -OCH3 is 2. The van der Waals surface area contributed by atoms with Crippen molar-refractivity contribution in [3.05, 3.63) is 11.3 Å². The van der Waals surface area contributed by atoms with Crippen molar-refractivity contribution in [2.45, 2.75) is 6.61 Å². The highest BCUT2D eigenvalue weighted by Crippen LogP contribution is 2.17. The minimum Gasteiger partial charge on any atom is -0.464 e. The molecule has 1 aromatic rings. The highest BCUT2D eigenvalue weighted by molar-refractivity contribution is 5.90. The second kappa shape index (κ2) is 6.21. The third-order valence-corrected chi connectivity index (χ3v) is 2.25. The van der Waals surface area contributed by atoms with Gasteiger partial charge in [-0.15, -0.1) is 0 Å². The van der Waals surface area contributed by atoms with Crippen molar-refractivity contribution in [3.63, 3.8) is 0 Å². The van der Waals surface area contributed by atoms with Gasteiger partial charge in [-0.25, -0.2) is 4.79 Å². The van der Waals surface area contributed by atoms with E-state index in [0.717, 1.165) is 0 Å². The van der Waals surface area contributed by atoms with Crippen LogP contribution < -0.4 is 5.73 Å². The van der Waals surface area contributed by atoms with Crippen molar-refractivity contribution < 1.29 is 19.0 Å². The highest BCUT2D eigenvalue weighted by Gasteiger charge is 2.20. The fourth-order valence-corrected chi connectivity index (χ4v) is 1.30. The molecule has 1 aromatic heterocycles. The lowest BCUT2D eigenvalue weighted by Gasteiger charge is -2.04. The molecule has 7 nitrogen and oxygen atoms in total. The van der Waals surface area contributed by atoms with Gasteiger partial charge < -0.3 is 19.9 Å². The summed E-state index contributed by atoms with van der Waals surface area (Å²) in [5.41, 5.74) is 6.51. The molecule has 0 aliphatic carbocycles. The molecule has 1 rings (SSSR count). The van der Waals surface area contributed by atoms with Crippen LogP contribution in [0.5, 0.6) is 0 Å². The van der Waals surface area contributed by atoms with Gasteiger partial charge in [0.2, 0.25) is 0 Å². The molecule has 96 valence electrons. The Bertz CT molecular complexity index is 389. The predicted octanol–water partition coefficient (Wildman–Crippen LogP) is -0.0481. The lowest BCUT2D eigenvalue weighted by atomic mass is 10.2. The molecule has 0 spiro atoms. The van der Waals surface area contributed by atoms with E-state index in [-0.39, 0.29) is 12.3 Å². The maximum absolute atomic E-state index is 11.5. The fraction of sp³-hybridized carbons (Fsp3) is 0.600. The van der Waals surface area contributed by atoms with Crippen molar-refractivity contribution in [2.24, 2.45) is 7.05 Å². The first-order chi connectivity index (χ1) is 8.11. The monoisotopic (exact) mass is 243 g/mol. The number of anilines is 1. The summed E-state index contributed by atoms with van der Waals surface area (Å²) in [4.78, 5) is 11.5. The van der Waals surface area contributed by atoms with E-state index in [1.165, 1.54) is 11.8 Å². The number of aryl methyl sites for hydroxylation is 1. The summed E-state index contributed by atoms with van der Waals surface area (Å²) in [5.74, 6) is -0.134. The molecule has 2 N–H and O–H groups in total. The van der Waals surface area contributed by atoms with E-state index in [1.807, 2.05) is 0 Å². The molecular weight excluding hydrogens is 226 g/mol. The maximum atomic E-state index is 11.5. The molecule has 0 aliphatic rings. The largest absolute Gasteiger partial charge is 0.464 e. The van der Waals surface area contributed by atoms with Gasteiger partial charge in [0.1, 0.15) is 5.82 Å². The summed E-state index contributed by atoms with van der Waals surface area (Å²) in [6.07, 6.45) is 0. The van der Waals surface area contributed by atoms with Crippen LogP contribution in [0.1, 0.15) is 16.1 Å². The molecule has 7 heteroatoms. The number of nitrogen functional groups attached to an aromatic ring is 1. The molecule has 0 aromatic carbocycles. The third kappa shape index (κ3) is 3.18. The van der Waals surface area contributed by atoms with Crippen LogP contribution in [0.4, 0.5) is 5.82 Å². The van der Waals surface area contributed by atoms with Gasteiger partial charge in [0.15, 0.2) is 5.69 Å². The van der Waals surface area contributed by atoms with E-state index in [2.05, 4.69) is 9.84 Å². The molecule has 0 unspecified atom stereocenters. The Balaban J connectivity index is 2.77. The second-order valence-electron chi connectivity index (χ2n) is 3.37. The van der Waals surface area contributed by atoms with E-state index in [9.17, 15) is 4.79 Å². The zero-order valence-electron chi connectivity index (χ0n) is 10.2. The Hall–Kier alpha value is -1.60. The number of aromatic nitrogens is 2. The Morgan fingerprint density at radius 2 is 2.12 bits per heavy atom. The smallest absolute Gasteiger partial charge is 0.359 e. The van der Waals surface area contributed by atoms with E-state index < -0.39 is 5.97 Å². The molecule has 1 heterocycles. The van der Waals surface area contributed by atoms with Crippen LogP contribution >= 0.6 is 0 Å². The van der Waals surface area contributed by atoms with Crippen molar-refractivity contribution >= 4 is 11.8 Å². The van der Waals surface area contributed by atoms with Crippen LogP contribution in [0.15, 0.2) is 0 Å². The molecule has 0 bridgehead atoms. The Kier molecular flexibility index (Phi) is 4.92. The molecule has 0 saturated carbocycles. The van der Waals surface area contributed by atoms with Crippen LogP contribution in [-0.4, -0.2) is 43.2 Å². The summed E-state index contributed by atoms with van der Waals surface area (Å²) in [5, 5.41) is 3.99. The first kappa shape index (κ1) is 13.5. The number of nitrogens with zero attached hydrogens (tertiary/aromatic N) is 2. The van der Waals surface area contributed by atoms with Gasteiger partial charge in [-0.1, -0.05) is 0 Å². The van der Waals surface area contributed by atoms with Gasteiger partial charge in [-0.3, -0.25) is 4.68 Å². The van der Waals surface area contributed by atoms with Crippen LogP contribution in [0.25, 0.3) is 0 Å². The van der Waals surface area contributed by atoms with E-state index >= 15 is 0 Å².